The van der Waals surface area contributed by atoms with E-state index in [0.29, 0.717) is 22.6 Å². The maximum atomic E-state index is 12.3. The molecule has 7 nitrogen and oxygen atoms in total. The molecule has 0 atom stereocenters. The Morgan fingerprint density at radius 1 is 1.20 bits per heavy atom. The van der Waals surface area contributed by atoms with Crippen molar-refractivity contribution in [1.29, 1.82) is 0 Å². The van der Waals surface area contributed by atoms with Gasteiger partial charge in [-0.15, -0.1) is 5.10 Å². The summed E-state index contributed by atoms with van der Waals surface area (Å²) >= 11 is 5.95. The highest BCUT2D eigenvalue weighted by atomic mass is 35.5. The Hall–Kier alpha value is -3.19. The third kappa shape index (κ3) is 2.85. The number of nitrogens with zero attached hydrogens (tertiary/aromatic N) is 3. The SMILES string of the molecule is O=C(NCc1ccccc1)c1nc2c(=O)[nH]c3cc(Cl)ccc3n2n1. The standard InChI is InChI=1S/C17H12ClN5O2/c18-11-6-7-13-12(8-11)20-17(25)15-21-14(22-23(13)15)16(24)19-9-10-4-2-1-3-5-10/h1-8H,9H2,(H,19,24)(H,20,25). The normalized spacial score (nSPS) is 11.1. The van der Waals surface area contributed by atoms with Crippen LogP contribution in [0.25, 0.3) is 16.7 Å². The number of amides is 1. The van der Waals surface area contributed by atoms with Crippen molar-refractivity contribution in [3.05, 3.63) is 75.3 Å². The number of fused-ring (bicyclic) bond motifs is 3. The zero-order valence-corrected chi connectivity index (χ0v) is 13.6. The topological polar surface area (TPSA) is 92.1 Å². The van der Waals surface area contributed by atoms with Gasteiger partial charge in [-0.25, -0.2) is 4.52 Å². The number of benzene rings is 2. The minimum atomic E-state index is -0.450. The van der Waals surface area contributed by atoms with Crippen LogP contribution in [0.3, 0.4) is 0 Å². The number of rotatable bonds is 3. The minimum Gasteiger partial charge on any atom is -0.345 e. The van der Waals surface area contributed by atoms with Gasteiger partial charge in [-0.1, -0.05) is 41.9 Å². The molecule has 0 spiro atoms. The van der Waals surface area contributed by atoms with E-state index in [1.807, 2.05) is 30.3 Å². The number of halogens is 1. The van der Waals surface area contributed by atoms with E-state index in [9.17, 15) is 9.59 Å². The highest BCUT2D eigenvalue weighted by Gasteiger charge is 2.16. The molecule has 0 saturated carbocycles. The summed E-state index contributed by atoms with van der Waals surface area (Å²) in [6.07, 6.45) is 0. The molecule has 2 aromatic heterocycles. The Balaban J connectivity index is 1.71. The van der Waals surface area contributed by atoms with Crippen LogP contribution in [0.15, 0.2) is 53.3 Å². The first-order valence-electron chi connectivity index (χ1n) is 7.52. The molecule has 0 unspecified atom stereocenters. The third-order valence-electron chi connectivity index (χ3n) is 3.74. The zero-order valence-electron chi connectivity index (χ0n) is 12.9. The van der Waals surface area contributed by atoms with Crippen LogP contribution >= 0.6 is 11.6 Å². The third-order valence-corrected chi connectivity index (χ3v) is 3.98. The molecule has 124 valence electrons. The number of hydrogen-bond donors (Lipinski definition) is 2. The summed E-state index contributed by atoms with van der Waals surface area (Å²) in [6.45, 7) is 0.349. The molecule has 4 aromatic rings. The van der Waals surface area contributed by atoms with E-state index >= 15 is 0 Å². The van der Waals surface area contributed by atoms with Gasteiger partial charge in [-0.05, 0) is 23.8 Å². The van der Waals surface area contributed by atoms with Crippen molar-refractivity contribution in [3.8, 4) is 0 Å². The summed E-state index contributed by atoms with van der Waals surface area (Å²) in [7, 11) is 0. The van der Waals surface area contributed by atoms with E-state index in [0.717, 1.165) is 5.56 Å². The Kier molecular flexibility index (Phi) is 3.70. The average molecular weight is 354 g/mol. The quantitative estimate of drug-likeness (QED) is 0.590. The van der Waals surface area contributed by atoms with Gasteiger partial charge in [0.15, 0.2) is 0 Å². The first-order valence-corrected chi connectivity index (χ1v) is 7.90. The molecule has 25 heavy (non-hydrogen) atoms. The van der Waals surface area contributed by atoms with Gasteiger partial charge in [-0.2, -0.15) is 4.98 Å². The van der Waals surface area contributed by atoms with Crippen molar-refractivity contribution in [1.82, 2.24) is 24.9 Å². The van der Waals surface area contributed by atoms with Crippen LogP contribution in [-0.4, -0.2) is 25.5 Å². The molecule has 8 heteroatoms. The fourth-order valence-corrected chi connectivity index (χ4v) is 2.72. The monoisotopic (exact) mass is 353 g/mol. The van der Waals surface area contributed by atoms with E-state index in [4.69, 9.17) is 11.6 Å². The highest BCUT2D eigenvalue weighted by molar-refractivity contribution is 6.31. The maximum absolute atomic E-state index is 12.3. The van der Waals surface area contributed by atoms with Gasteiger partial charge in [0.25, 0.3) is 11.5 Å². The molecule has 2 aromatic carbocycles. The van der Waals surface area contributed by atoms with Gasteiger partial charge in [0.1, 0.15) is 0 Å². The van der Waals surface area contributed by atoms with Crippen LogP contribution in [0.1, 0.15) is 16.2 Å². The van der Waals surface area contributed by atoms with E-state index in [1.54, 1.807) is 18.2 Å². The Labute approximate surface area is 146 Å². The van der Waals surface area contributed by atoms with Gasteiger partial charge < -0.3 is 10.3 Å². The first-order chi connectivity index (χ1) is 12.1. The molecule has 0 radical (unpaired) electrons. The lowest BCUT2D eigenvalue weighted by molar-refractivity contribution is 0.0941. The van der Waals surface area contributed by atoms with Crippen LogP contribution in [0.4, 0.5) is 0 Å². The second kappa shape index (κ2) is 6.03. The van der Waals surface area contributed by atoms with Crippen molar-refractivity contribution in [2.75, 3.05) is 0 Å². The predicted molar refractivity (Wildman–Crippen MR) is 93.7 cm³/mol. The van der Waals surface area contributed by atoms with E-state index < -0.39 is 11.5 Å². The summed E-state index contributed by atoms with van der Waals surface area (Å²) < 4.78 is 1.35. The van der Waals surface area contributed by atoms with E-state index in [1.165, 1.54) is 4.52 Å². The molecule has 0 fully saturated rings. The molecule has 0 aliphatic carbocycles. The van der Waals surface area contributed by atoms with Crippen LogP contribution < -0.4 is 10.9 Å². The van der Waals surface area contributed by atoms with Crippen molar-refractivity contribution in [2.45, 2.75) is 6.54 Å². The smallest absolute Gasteiger partial charge is 0.293 e. The second-order valence-corrected chi connectivity index (χ2v) is 5.89. The molecular weight excluding hydrogens is 342 g/mol. The maximum Gasteiger partial charge on any atom is 0.293 e. The molecule has 0 aliphatic rings. The summed E-state index contributed by atoms with van der Waals surface area (Å²) in [5, 5.41) is 7.41. The van der Waals surface area contributed by atoms with Crippen molar-refractivity contribution in [3.63, 3.8) is 0 Å². The molecule has 0 saturated heterocycles. The number of aromatic nitrogens is 4. The van der Waals surface area contributed by atoms with Crippen molar-refractivity contribution >= 4 is 34.2 Å². The number of nitrogens with one attached hydrogen (secondary N) is 2. The van der Waals surface area contributed by atoms with Crippen LogP contribution in [0.5, 0.6) is 0 Å². The van der Waals surface area contributed by atoms with E-state index in [2.05, 4.69) is 20.4 Å². The zero-order chi connectivity index (χ0) is 17.4. The Morgan fingerprint density at radius 3 is 2.80 bits per heavy atom. The summed E-state index contributed by atoms with van der Waals surface area (Å²) in [6, 6.07) is 14.5. The van der Waals surface area contributed by atoms with Crippen LogP contribution in [0.2, 0.25) is 5.02 Å². The van der Waals surface area contributed by atoms with Gasteiger partial charge in [0.05, 0.1) is 11.0 Å². The lowest BCUT2D eigenvalue weighted by Crippen LogP contribution is -2.24. The molecule has 2 heterocycles. The largest absolute Gasteiger partial charge is 0.345 e. The van der Waals surface area contributed by atoms with Crippen molar-refractivity contribution in [2.24, 2.45) is 0 Å². The summed E-state index contributed by atoms with van der Waals surface area (Å²) in [5.74, 6) is -0.516. The number of carbonyl (C=O) groups is 1. The Morgan fingerprint density at radius 2 is 2.00 bits per heavy atom. The summed E-state index contributed by atoms with van der Waals surface area (Å²) in [4.78, 5) is 31.2. The predicted octanol–water partition coefficient (Wildman–Crippen LogP) is 2.15. The average Bonchev–Trinajstić information content (AvgIpc) is 3.06. The fourth-order valence-electron chi connectivity index (χ4n) is 2.55. The molecule has 4 rings (SSSR count). The fraction of sp³-hybridized carbons (Fsp3) is 0.0588. The van der Waals surface area contributed by atoms with Crippen molar-refractivity contribution < 1.29 is 4.79 Å². The number of carbonyl (C=O) groups excluding carboxylic acids is 1. The molecular formula is C17H12ClN5O2. The second-order valence-electron chi connectivity index (χ2n) is 5.45. The number of hydrogen-bond acceptors (Lipinski definition) is 4. The summed E-state index contributed by atoms with van der Waals surface area (Å²) in [5.41, 5.74) is 1.70. The molecule has 0 aliphatic heterocycles. The molecule has 1 amide bonds. The van der Waals surface area contributed by atoms with Gasteiger partial charge in [0, 0.05) is 11.6 Å². The van der Waals surface area contributed by atoms with Crippen LogP contribution in [-0.2, 0) is 6.54 Å². The first kappa shape index (κ1) is 15.3. The minimum absolute atomic E-state index is 0.0553. The van der Waals surface area contributed by atoms with Crippen LogP contribution in [0, 0.1) is 0 Å². The highest BCUT2D eigenvalue weighted by Crippen LogP contribution is 2.16. The van der Waals surface area contributed by atoms with Gasteiger partial charge >= 0.3 is 0 Å². The van der Waals surface area contributed by atoms with E-state index in [-0.39, 0.29) is 11.5 Å². The molecule has 2 N–H and O–H groups in total. The number of H-pyrrole nitrogens is 1. The molecule has 0 bridgehead atoms. The lowest BCUT2D eigenvalue weighted by atomic mass is 10.2. The van der Waals surface area contributed by atoms with Gasteiger partial charge in [-0.3, -0.25) is 9.59 Å². The van der Waals surface area contributed by atoms with Gasteiger partial charge in [0.2, 0.25) is 11.5 Å². The lowest BCUT2D eigenvalue weighted by Gasteiger charge is -2.02. The number of aromatic amines is 1. The Bertz CT molecular complexity index is 1150.